The molecule has 1 aliphatic carbocycles. The first kappa shape index (κ1) is 9.26. The lowest BCUT2D eigenvalue weighted by Gasteiger charge is -2.09. The number of hydrogen-bond donors (Lipinski definition) is 0. The highest BCUT2D eigenvalue weighted by atomic mass is 32.4. The van der Waals surface area contributed by atoms with Gasteiger partial charge in [0.05, 0.1) is 0 Å². The van der Waals surface area contributed by atoms with Crippen molar-refractivity contribution in [2.75, 3.05) is 0 Å². The lowest BCUT2D eigenvalue weighted by Crippen LogP contribution is -1.95. The quantitative estimate of drug-likeness (QED) is 0.387. The highest BCUT2D eigenvalue weighted by Gasteiger charge is 2.00. The van der Waals surface area contributed by atoms with E-state index in [1.807, 2.05) is 0 Å². The minimum absolute atomic E-state index is 0.824. The molecule has 0 saturated heterocycles. The lowest BCUT2D eigenvalue weighted by molar-refractivity contribution is 0.650. The molecule has 0 nitrogen and oxygen atoms in total. The van der Waals surface area contributed by atoms with E-state index in [0.29, 0.717) is 0 Å². The second-order valence-electron chi connectivity index (χ2n) is 2.16. The molecule has 1 rings (SSSR count). The van der Waals surface area contributed by atoms with Crippen molar-refractivity contribution < 1.29 is 0 Å². The van der Waals surface area contributed by atoms with Crippen LogP contribution in [-0.4, -0.2) is 0 Å². The molecule has 0 spiro atoms. The van der Waals surface area contributed by atoms with Crippen molar-refractivity contribution in [2.45, 2.75) is 19.8 Å². The summed E-state index contributed by atoms with van der Waals surface area (Å²) >= 11 is 3.89. The molecular weight excluding hydrogens is 147 g/mol. The van der Waals surface area contributed by atoms with Gasteiger partial charge in [-0.3, -0.25) is 0 Å². The van der Waals surface area contributed by atoms with Crippen LogP contribution in [0, 0.1) is 12.3 Å². The van der Waals surface area contributed by atoms with Crippen molar-refractivity contribution in [3.8, 4) is 0 Å². The van der Waals surface area contributed by atoms with Gasteiger partial charge < -0.3 is 0 Å². The van der Waals surface area contributed by atoms with Crippen LogP contribution in [0.5, 0.6) is 0 Å². The predicted molar refractivity (Wildman–Crippen MR) is 47.5 cm³/mol. The van der Waals surface area contributed by atoms with Gasteiger partial charge in [-0.2, -0.15) is 0 Å². The van der Waals surface area contributed by atoms with Crippen molar-refractivity contribution in [1.29, 1.82) is 0 Å². The first-order chi connectivity index (χ1) is 4.39. The van der Waals surface area contributed by atoms with E-state index in [1.54, 1.807) is 0 Å². The predicted octanol–water partition coefficient (Wildman–Crippen LogP) is 2.77. The molecule has 2 heteroatoms. The fourth-order valence-electron chi connectivity index (χ4n) is 0.814. The van der Waals surface area contributed by atoms with E-state index >= 15 is 0 Å². The molecule has 1 unspecified atom stereocenters. The molecule has 0 aliphatic heterocycles. The first-order valence-corrected chi connectivity index (χ1v) is 4.71. The molecule has 0 bridgehead atoms. The summed E-state index contributed by atoms with van der Waals surface area (Å²) in [6.07, 6.45) is 9.26. The Kier molecular flexibility index (Phi) is 6.57. The molecule has 9 heavy (non-hydrogen) atoms. The molecule has 1 aliphatic rings. The maximum Gasteiger partial charge on any atom is -0.0317 e. The highest BCUT2D eigenvalue weighted by molar-refractivity contribution is 7.88. The zero-order valence-electron chi connectivity index (χ0n) is 5.63. The van der Waals surface area contributed by atoms with E-state index in [2.05, 4.69) is 45.3 Å². The third-order valence-electron chi connectivity index (χ3n) is 1.35. The zero-order chi connectivity index (χ0) is 7.11. The van der Waals surface area contributed by atoms with Gasteiger partial charge in [0, 0.05) is 0 Å². The van der Waals surface area contributed by atoms with Gasteiger partial charge in [-0.1, -0.05) is 30.9 Å². The second-order valence-corrected chi connectivity index (χ2v) is 2.16. The Hall–Kier alpha value is 0.260. The van der Waals surface area contributed by atoms with Gasteiger partial charge in [0.15, 0.2) is 0 Å². The summed E-state index contributed by atoms with van der Waals surface area (Å²) in [5, 5.41) is 0. The minimum atomic E-state index is 0.824. The smallest absolute Gasteiger partial charge is 0.0317 e. The number of hydrogen-bond acceptors (Lipinski definition) is 1. The molecule has 0 heterocycles. The summed E-state index contributed by atoms with van der Waals surface area (Å²) < 4.78 is 0. The first-order valence-electron chi connectivity index (χ1n) is 3.08. The third kappa shape index (κ3) is 4.74. The summed E-state index contributed by atoms with van der Waals surface area (Å²) in [5.41, 5.74) is 0. The Morgan fingerprint density at radius 2 is 2.11 bits per heavy atom. The molecule has 0 aromatic carbocycles. The van der Waals surface area contributed by atoms with E-state index < -0.39 is 0 Å². The van der Waals surface area contributed by atoms with Crippen LogP contribution < -0.4 is 0 Å². The summed E-state index contributed by atoms with van der Waals surface area (Å²) in [6.45, 7) is 2.25. The Morgan fingerprint density at radius 1 is 1.44 bits per heavy atom. The van der Waals surface area contributed by atoms with Gasteiger partial charge in [-0.15, -0.1) is 0 Å². The SMILES string of the molecule is CC1[CH]CC=CC1.P=S. The number of rotatable bonds is 0. The van der Waals surface area contributed by atoms with Gasteiger partial charge in [0.1, 0.15) is 0 Å². The van der Waals surface area contributed by atoms with Crippen LogP contribution in [0.2, 0.25) is 0 Å². The standard InChI is InChI=1S/C7H11.HPS/c1-7-5-3-2-4-6-7;1-2/h2-3,6-7H,4-5H2,1H3;1H. The third-order valence-corrected chi connectivity index (χ3v) is 1.35. The fraction of sp³-hybridized carbons (Fsp3) is 0.571. The summed E-state index contributed by atoms with van der Waals surface area (Å²) in [4.78, 5) is 0. The summed E-state index contributed by atoms with van der Waals surface area (Å²) in [6, 6.07) is 0. The molecule has 1 atom stereocenters. The van der Waals surface area contributed by atoms with Crippen molar-refractivity contribution >= 4 is 19.8 Å². The molecule has 0 aromatic heterocycles. The minimum Gasteiger partial charge on any atom is -0.0883 e. The van der Waals surface area contributed by atoms with Gasteiger partial charge >= 0.3 is 0 Å². The molecule has 0 aromatic rings. The van der Waals surface area contributed by atoms with Crippen LogP contribution in [-0.2, 0) is 11.8 Å². The van der Waals surface area contributed by atoms with Crippen molar-refractivity contribution in [3.05, 3.63) is 18.6 Å². The second kappa shape index (κ2) is 6.38. The van der Waals surface area contributed by atoms with Gasteiger partial charge in [-0.05, 0) is 33.2 Å². The lowest BCUT2D eigenvalue weighted by atomic mass is 9.97. The maximum atomic E-state index is 3.89. The fourth-order valence-corrected chi connectivity index (χ4v) is 0.814. The molecule has 0 fully saturated rings. The summed E-state index contributed by atoms with van der Waals surface area (Å²) in [5.74, 6) is 0.824. The topological polar surface area (TPSA) is 0 Å². The van der Waals surface area contributed by atoms with Crippen molar-refractivity contribution in [2.24, 2.45) is 5.92 Å². The average Bonchev–Trinajstić information content (AvgIpc) is 1.94. The van der Waals surface area contributed by atoms with Gasteiger partial charge in [0.2, 0.25) is 0 Å². The van der Waals surface area contributed by atoms with Gasteiger partial charge in [0.25, 0.3) is 0 Å². The molecule has 0 N–H and O–H groups in total. The van der Waals surface area contributed by atoms with Crippen LogP contribution in [0.25, 0.3) is 0 Å². The molecular formula is C7H12PS. The maximum absolute atomic E-state index is 3.89. The van der Waals surface area contributed by atoms with Crippen molar-refractivity contribution in [3.63, 3.8) is 0 Å². The van der Waals surface area contributed by atoms with Gasteiger partial charge in [-0.25, -0.2) is 0 Å². The number of allylic oxidation sites excluding steroid dienone is 2. The Bertz CT molecular complexity index is 90.9. The summed E-state index contributed by atoms with van der Waals surface area (Å²) in [7, 11) is 2.56. The molecule has 1 radical (unpaired) electrons. The van der Waals surface area contributed by atoms with Crippen LogP contribution in [0.1, 0.15) is 19.8 Å². The van der Waals surface area contributed by atoms with E-state index in [-0.39, 0.29) is 0 Å². The molecule has 0 saturated carbocycles. The van der Waals surface area contributed by atoms with Crippen LogP contribution in [0.15, 0.2) is 12.2 Å². The monoisotopic (exact) mass is 159 g/mol. The Labute approximate surface area is 64.6 Å². The van der Waals surface area contributed by atoms with Crippen LogP contribution in [0.4, 0.5) is 0 Å². The average molecular weight is 159 g/mol. The molecule has 0 amide bonds. The van der Waals surface area contributed by atoms with E-state index in [4.69, 9.17) is 0 Å². The largest absolute Gasteiger partial charge is 0.0883 e. The van der Waals surface area contributed by atoms with E-state index in [9.17, 15) is 0 Å². The van der Waals surface area contributed by atoms with E-state index in [0.717, 1.165) is 5.92 Å². The van der Waals surface area contributed by atoms with Crippen LogP contribution >= 0.6 is 8.02 Å². The Morgan fingerprint density at radius 3 is 2.33 bits per heavy atom. The Balaban J connectivity index is 0.000000291. The van der Waals surface area contributed by atoms with Crippen LogP contribution in [0.3, 0.4) is 0 Å². The molecule has 51 valence electrons. The van der Waals surface area contributed by atoms with E-state index in [1.165, 1.54) is 12.8 Å². The van der Waals surface area contributed by atoms with Crippen molar-refractivity contribution in [1.82, 2.24) is 0 Å². The highest BCUT2D eigenvalue weighted by Crippen LogP contribution is 2.14. The zero-order valence-corrected chi connectivity index (χ0v) is 7.45. The normalized spacial score (nSPS) is 24.3.